The van der Waals surface area contributed by atoms with Gasteiger partial charge in [-0.1, -0.05) is 35.3 Å². The Balaban J connectivity index is 1.75. The highest BCUT2D eigenvalue weighted by atomic mass is 35.5. The van der Waals surface area contributed by atoms with Gasteiger partial charge in [0, 0.05) is 12.6 Å². The third-order valence-electron chi connectivity index (χ3n) is 3.81. The number of benzene rings is 2. The number of hydrogen-bond donors (Lipinski definition) is 1. The second-order valence-electron chi connectivity index (χ2n) is 5.49. The quantitative estimate of drug-likeness (QED) is 0.615. The fourth-order valence-electron chi connectivity index (χ4n) is 2.56. The van der Waals surface area contributed by atoms with Crippen molar-refractivity contribution in [2.24, 2.45) is 0 Å². The molecule has 0 saturated heterocycles. The Hall–Kier alpha value is -2.51. The number of nitrogens with zero attached hydrogens (tertiary/aromatic N) is 1. The van der Waals surface area contributed by atoms with Crippen molar-refractivity contribution >= 4 is 34.8 Å². The molecule has 9 heteroatoms. The Morgan fingerprint density at radius 3 is 2.58 bits per heavy atom. The van der Waals surface area contributed by atoms with E-state index in [4.69, 9.17) is 32.7 Å². The van der Waals surface area contributed by atoms with Crippen molar-refractivity contribution in [1.29, 1.82) is 0 Å². The van der Waals surface area contributed by atoms with Crippen LogP contribution >= 0.6 is 23.2 Å². The number of nitro benzene ring substituents is 1. The number of fused-ring (bicyclic) bond motifs is 1. The molecule has 0 saturated carbocycles. The van der Waals surface area contributed by atoms with Gasteiger partial charge in [-0.25, -0.2) is 0 Å². The van der Waals surface area contributed by atoms with Gasteiger partial charge in [-0.05, 0) is 18.1 Å². The zero-order chi connectivity index (χ0) is 18.7. The van der Waals surface area contributed by atoms with E-state index in [1.54, 1.807) is 18.2 Å². The molecule has 0 unspecified atom stereocenters. The lowest BCUT2D eigenvalue weighted by Crippen LogP contribution is -2.27. The van der Waals surface area contributed by atoms with Crippen LogP contribution in [-0.4, -0.2) is 30.6 Å². The second-order valence-corrected chi connectivity index (χ2v) is 6.27. The van der Waals surface area contributed by atoms with Crippen molar-refractivity contribution in [3.8, 4) is 11.5 Å². The molecule has 7 nitrogen and oxygen atoms in total. The summed E-state index contributed by atoms with van der Waals surface area (Å²) in [6.07, 6.45) is 0.434. The lowest BCUT2D eigenvalue weighted by molar-refractivity contribution is -0.385. The highest BCUT2D eigenvalue weighted by Crippen LogP contribution is 2.36. The molecular formula is C17H14Cl2N2O5. The van der Waals surface area contributed by atoms with Crippen LogP contribution in [0.25, 0.3) is 0 Å². The topological polar surface area (TPSA) is 90.7 Å². The Kier molecular flexibility index (Phi) is 5.49. The van der Waals surface area contributed by atoms with Crippen LogP contribution in [0.2, 0.25) is 10.0 Å². The lowest BCUT2D eigenvalue weighted by Gasteiger charge is -2.18. The summed E-state index contributed by atoms with van der Waals surface area (Å²) >= 11 is 12.1. The zero-order valence-electron chi connectivity index (χ0n) is 13.5. The summed E-state index contributed by atoms with van der Waals surface area (Å²) in [5.74, 6) is -0.0121. The maximum absolute atomic E-state index is 12.4. The van der Waals surface area contributed by atoms with Crippen LogP contribution in [-0.2, 0) is 6.42 Å². The Morgan fingerprint density at radius 2 is 1.88 bits per heavy atom. The summed E-state index contributed by atoms with van der Waals surface area (Å²) in [5.41, 5.74) is 0.347. The number of carbonyl (C=O) groups is 1. The Morgan fingerprint density at radius 1 is 1.19 bits per heavy atom. The van der Waals surface area contributed by atoms with Gasteiger partial charge in [-0.15, -0.1) is 0 Å². The monoisotopic (exact) mass is 396 g/mol. The lowest BCUT2D eigenvalue weighted by atomic mass is 10.1. The smallest absolute Gasteiger partial charge is 0.286 e. The predicted octanol–water partition coefficient (Wildman–Crippen LogP) is 3.65. The molecule has 0 spiro atoms. The van der Waals surface area contributed by atoms with Gasteiger partial charge in [0.05, 0.1) is 21.0 Å². The standard InChI is InChI=1S/C17H14Cl2N2O5/c18-12-3-1-2-10(16(12)19)4-5-20-17(22)11-8-14-15(26-7-6-25-14)9-13(11)21(23)24/h1-3,8-9H,4-7H2,(H,20,22). The van der Waals surface area contributed by atoms with Crippen molar-refractivity contribution in [2.75, 3.05) is 19.8 Å². The molecule has 0 aliphatic carbocycles. The van der Waals surface area contributed by atoms with Crippen molar-refractivity contribution in [3.05, 3.63) is 61.6 Å². The van der Waals surface area contributed by atoms with E-state index in [-0.39, 0.29) is 23.5 Å². The summed E-state index contributed by atoms with van der Waals surface area (Å²) < 4.78 is 10.7. The van der Waals surface area contributed by atoms with Gasteiger partial charge in [0.15, 0.2) is 11.5 Å². The molecule has 1 amide bonds. The minimum absolute atomic E-state index is 0.0866. The Bertz CT molecular complexity index is 872. The number of rotatable bonds is 5. The first-order chi connectivity index (χ1) is 12.5. The van der Waals surface area contributed by atoms with E-state index in [1.165, 1.54) is 12.1 Å². The van der Waals surface area contributed by atoms with Crippen LogP contribution in [0.4, 0.5) is 5.69 Å². The van der Waals surface area contributed by atoms with Crippen LogP contribution in [0, 0.1) is 10.1 Å². The van der Waals surface area contributed by atoms with Gasteiger partial charge in [0.1, 0.15) is 18.8 Å². The third kappa shape index (κ3) is 3.84. The van der Waals surface area contributed by atoms with E-state index < -0.39 is 10.8 Å². The van der Waals surface area contributed by atoms with E-state index in [0.29, 0.717) is 35.4 Å². The van der Waals surface area contributed by atoms with Gasteiger partial charge < -0.3 is 14.8 Å². The second kappa shape index (κ2) is 7.80. The summed E-state index contributed by atoms with van der Waals surface area (Å²) in [7, 11) is 0. The molecule has 2 aromatic carbocycles. The average molecular weight is 397 g/mol. The number of ether oxygens (including phenoxy) is 2. The number of nitro groups is 1. The first-order valence-corrected chi connectivity index (χ1v) is 8.52. The van der Waals surface area contributed by atoms with Gasteiger partial charge in [0.25, 0.3) is 11.6 Å². The molecule has 1 heterocycles. The van der Waals surface area contributed by atoms with E-state index >= 15 is 0 Å². The molecule has 1 aliphatic heterocycles. The molecular weight excluding hydrogens is 383 g/mol. The highest BCUT2D eigenvalue weighted by Gasteiger charge is 2.26. The van der Waals surface area contributed by atoms with E-state index in [0.717, 1.165) is 5.56 Å². The van der Waals surface area contributed by atoms with Gasteiger partial charge in [-0.3, -0.25) is 14.9 Å². The molecule has 26 heavy (non-hydrogen) atoms. The molecule has 3 rings (SSSR count). The summed E-state index contributed by atoms with van der Waals surface area (Å²) in [6.45, 7) is 0.861. The average Bonchev–Trinajstić information content (AvgIpc) is 2.64. The number of nitrogens with one attached hydrogen (secondary N) is 1. The maximum Gasteiger partial charge on any atom is 0.286 e. The molecule has 0 bridgehead atoms. The maximum atomic E-state index is 12.4. The largest absolute Gasteiger partial charge is 0.486 e. The molecule has 0 fully saturated rings. The minimum atomic E-state index is -0.624. The van der Waals surface area contributed by atoms with E-state index in [1.807, 2.05) is 0 Å². The van der Waals surface area contributed by atoms with Crippen LogP contribution in [0.3, 0.4) is 0 Å². The van der Waals surface area contributed by atoms with Gasteiger partial charge in [0.2, 0.25) is 0 Å². The van der Waals surface area contributed by atoms with Gasteiger partial charge in [-0.2, -0.15) is 0 Å². The van der Waals surface area contributed by atoms with Crippen molar-refractivity contribution < 1.29 is 19.2 Å². The number of hydrogen-bond acceptors (Lipinski definition) is 5. The molecule has 136 valence electrons. The van der Waals surface area contributed by atoms with E-state index in [9.17, 15) is 14.9 Å². The summed E-state index contributed by atoms with van der Waals surface area (Å²) in [5, 5.41) is 14.8. The molecule has 0 aromatic heterocycles. The van der Waals surface area contributed by atoms with Crippen molar-refractivity contribution in [3.63, 3.8) is 0 Å². The number of amides is 1. The fourth-order valence-corrected chi connectivity index (χ4v) is 2.97. The first-order valence-electron chi connectivity index (χ1n) is 7.76. The predicted molar refractivity (Wildman–Crippen MR) is 96.6 cm³/mol. The van der Waals surface area contributed by atoms with Crippen LogP contribution < -0.4 is 14.8 Å². The molecule has 0 atom stereocenters. The molecule has 2 aromatic rings. The third-order valence-corrected chi connectivity index (χ3v) is 4.67. The van der Waals surface area contributed by atoms with Crippen molar-refractivity contribution in [1.82, 2.24) is 5.32 Å². The number of carbonyl (C=O) groups excluding carboxylic acids is 1. The van der Waals surface area contributed by atoms with Crippen LogP contribution in [0.1, 0.15) is 15.9 Å². The Labute approximate surface area is 159 Å². The van der Waals surface area contributed by atoms with E-state index in [2.05, 4.69) is 5.32 Å². The number of halogens is 2. The highest BCUT2D eigenvalue weighted by molar-refractivity contribution is 6.42. The van der Waals surface area contributed by atoms with Crippen LogP contribution in [0.15, 0.2) is 30.3 Å². The summed E-state index contributed by atoms with van der Waals surface area (Å²) in [4.78, 5) is 23.1. The molecule has 0 radical (unpaired) electrons. The first kappa shape index (κ1) is 18.3. The minimum Gasteiger partial charge on any atom is -0.486 e. The van der Waals surface area contributed by atoms with Crippen LogP contribution in [0.5, 0.6) is 11.5 Å². The molecule has 1 aliphatic rings. The fraction of sp³-hybridized carbons (Fsp3) is 0.235. The van der Waals surface area contributed by atoms with Gasteiger partial charge >= 0.3 is 0 Å². The SMILES string of the molecule is O=C(NCCc1cccc(Cl)c1Cl)c1cc2c(cc1[N+](=O)[O-])OCCO2. The summed E-state index contributed by atoms with van der Waals surface area (Å²) in [6, 6.07) is 7.76. The normalized spacial score (nSPS) is 12.5. The van der Waals surface area contributed by atoms with Crippen molar-refractivity contribution in [2.45, 2.75) is 6.42 Å². The zero-order valence-corrected chi connectivity index (χ0v) is 15.0. The molecule has 1 N–H and O–H groups in total.